The van der Waals surface area contributed by atoms with Gasteiger partial charge >= 0.3 is 0 Å². The molecule has 0 saturated carbocycles. The first-order chi connectivity index (χ1) is 13.4. The van der Waals surface area contributed by atoms with E-state index in [0.717, 1.165) is 5.56 Å². The van der Waals surface area contributed by atoms with Crippen LogP contribution in [0.15, 0.2) is 29.4 Å². The van der Waals surface area contributed by atoms with E-state index < -0.39 is 23.5 Å². The van der Waals surface area contributed by atoms with E-state index in [2.05, 4.69) is 10.5 Å². The Morgan fingerprint density at radius 2 is 2.25 bits per heavy atom. The Hall–Kier alpha value is -3.41. The van der Waals surface area contributed by atoms with E-state index in [1.807, 2.05) is 6.07 Å². The number of amides is 3. The van der Waals surface area contributed by atoms with E-state index in [1.165, 1.54) is 4.90 Å². The summed E-state index contributed by atoms with van der Waals surface area (Å²) < 4.78 is 0. The SMILES string of the molecule is CCC(=O)Nc1cccc(C2=NOC3(C2)C[C@H](C(N)=O)N(C(=O)CC#N)C3)c1. The zero-order valence-electron chi connectivity index (χ0n) is 15.5. The van der Waals surface area contributed by atoms with Crippen LogP contribution in [-0.2, 0) is 19.2 Å². The fourth-order valence-corrected chi connectivity index (χ4v) is 3.53. The first-order valence-electron chi connectivity index (χ1n) is 8.98. The number of likely N-dealkylation sites (tertiary alicyclic amines) is 1. The highest BCUT2D eigenvalue weighted by molar-refractivity contribution is 6.03. The van der Waals surface area contributed by atoms with Crippen molar-refractivity contribution >= 4 is 29.1 Å². The Balaban J connectivity index is 1.76. The number of anilines is 1. The number of nitrogens with zero attached hydrogens (tertiary/aromatic N) is 3. The lowest BCUT2D eigenvalue weighted by Crippen LogP contribution is -2.43. The zero-order valence-corrected chi connectivity index (χ0v) is 15.5. The molecule has 1 saturated heterocycles. The molecule has 1 aromatic rings. The van der Waals surface area contributed by atoms with Crippen molar-refractivity contribution in [2.75, 3.05) is 11.9 Å². The number of nitriles is 1. The molecule has 1 fully saturated rings. The molecule has 2 atom stereocenters. The molecule has 1 aromatic carbocycles. The Bertz CT molecular complexity index is 891. The lowest BCUT2D eigenvalue weighted by Gasteiger charge is -2.22. The minimum absolute atomic E-state index is 0.0926. The molecule has 1 unspecified atom stereocenters. The molecule has 2 aliphatic rings. The summed E-state index contributed by atoms with van der Waals surface area (Å²) in [6, 6.07) is 8.20. The number of hydrogen-bond acceptors (Lipinski definition) is 6. The first kappa shape index (κ1) is 19.4. The molecular weight excluding hydrogens is 362 g/mol. The van der Waals surface area contributed by atoms with E-state index in [9.17, 15) is 14.4 Å². The van der Waals surface area contributed by atoms with Crippen LogP contribution in [0.25, 0.3) is 0 Å². The van der Waals surface area contributed by atoms with Crippen LogP contribution < -0.4 is 11.1 Å². The maximum atomic E-state index is 12.2. The van der Waals surface area contributed by atoms with Gasteiger partial charge in [0, 0.05) is 30.5 Å². The van der Waals surface area contributed by atoms with E-state index in [1.54, 1.807) is 31.2 Å². The number of benzene rings is 1. The average molecular weight is 383 g/mol. The highest BCUT2D eigenvalue weighted by Gasteiger charge is 2.53. The Kier molecular flexibility index (Phi) is 5.31. The quantitative estimate of drug-likeness (QED) is 0.778. The topological polar surface area (TPSA) is 138 Å². The molecule has 2 heterocycles. The van der Waals surface area contributed by atoms with Crippen molar-refractivity contribution in [3.8, 4) is 6.07 Å². The van der Waals surface area contributed by atoms with Gasteiger partial charge in [-0.3, -0.25) is 14.4 Å². The number of nitrogens with one attached hydrogen (secondary N) is 1. The van der Waals surface area contributed by atoms with Crippen molar-refractivity contribution in [3.05, 3.63) is 29.8 Å². The van der Waals surface area contributed by atoms with Crippen molar-refractivity contribution in [2.24, 2.45) is 10.9 Å². The molecule has 1 spiro atoms. The lowest BCUT2D eigenvalue weighted by atomic mass is 9.91. The molecule has 0 radical (unpaired) electrons. The summed E-state index contributed by atoms with van der Waals surface area (Å²) in [5.41, 5.74) is 6.70. The summed E-state index contributed by atoms with van der Waals surface area (Å²) in [5.74, 6) is -1.18. The third-order valence-electron chi connectivity index (χ3n) is 4.92. The standard InChI is InChI=1S/C19H21N5O4/c1-2-16(25)22-13-5-3-4-12(8-13)14-9-19(28-23-14)10-15(18(21)27)24(11-19)17(26)6-7-20/h3-5,8,15H,2,6,9-11H2,1H3,(H2,21,27)(H,22,25)/t15-,19?/m1/s1. The molecule has 9 nitrogen and oxygen atoms in total. The minimum Gasteiger partial charge on any atom is -0.387 e. The number of carbonyl (C=O) groups is 3. The summed E-state index contributed by atoms with van der Waals surface area (Å²) >= 11 is 0. The molecule has 3 amide bonds. The normalized spacial score (nSPS) is 23.1. The van der Waals surface area contributed by atoms with Crippen LogP contribution in [0.4, 0.5) is 5.69 Å². The fourth-order valence-electron chi connectivity index (χ4n) is 3.53. The van der Waals surface area contributed by atoms with Gasteiger partial charge in [-0.25, -0.2) is 0 Å². The summed E-state index contributed by atoms with van der Waals surface area (Å²) in [7, 11) is 0. The van der Waals surface area contributed by atoms with Gasteiger partial charge in [-0.15, -0.1) is 0 Å². The van der Waals surface area contributed by atoms with Gasteiger partial charge in [0.1, 0.15) is 12.5 Å². The maximum absolute atomic E-state index is 12.2. The van der Waals surface area contributed by atoms with Crippen molar-refractivity contribution in [1.82, 2.24) is 4.90 Å². The summed E-state index contributed by atoms with van der Waals surface area (Å²) in [4.78, 5) is 42.6. The van der Waals surface area contributed by atoms with Gasteiger partial charge in [-0.1, -0.05) is 24.2 Å². The molecule has 0 bridgehead atoms. The number of rotatable bonds is 5. The number of primary amides is 1. The molecule has 0 aromatic heterocycles. The molecule has 28 heavy (non-hydrogen) atoms. The lowest BCUT2D eigenvalue weighted by molar-refractivity contribution is -0.136. The summed E-state index contributed by atoms with van der Waals surface area (Å²) in [6.45, 7) is 1.91. The van der Waals surface area contributed by atoms with Gasteiger partial charge < -0.3 is 20.8 Å². The second-order valence-electron chi connectivity index (χ2n) is 6.95. The van der Waals surface area contributed by atoms with E-state index in [-0.39, 0.29) is 25.3 Å². The first-order valence-corrected chi connectivity index (χ1v) is 8.98. The Morgan fingerprint density at radius 3 is 2.93 bits per heavy atom. The smallest absolute Gasteiger partial charge is 0.240 e. The Morgan fingerprint density at radius 1 is 1.46 bits per heavy atom. The summed E-state index contributed by atoms with van der Waals surface area (Å²) in [5, 5.41) is 15.7. The predicted molar refractivity (Wildman–Crippen MR) is 99.9 cm³/mol. The van der Waals surface area contributed by atoms with Crippen LogP contribution in [-0.4, -0.2) is 46.5 Å². The molecule has 9 heteroatoms. The second kappa shape index (κ2) is 7.68. The average Bonchev–Trinajstić information content (AvgIpc) is 3.27. The number of hydrogen-bond donors (Lipinski definition) is 2. The fraction of sp³-hybridized carbons (Fsp3) is 0.421. The van der Waals surface area contributed by atoms with Gasteiger partial charge in [0.15, 0.2) is 5.60 Å². The van der Waals surface area contributed by atoms with Crippen molar-refractivity contribution in [1.29, 1.82) is 5.26 Å². The van der Waals surface area contributed by atoms with Gasteiger partial charge in [0.05, 0.1) is 18.3 Å². The van der Waals surface area contributed by atoms with Gasteiger partial charge in [-0.05, 0) is 12.1 Å². The summed E-state index contributed by atoms with van der Waals surface area (Å²) in [6.07, 6.45) is 0.655. The Labute approximate surface area is 162 Å². The zero-order chi connectivity index (χ0) is 20.3. The van der Waals surface area contributed by atoms with Crippen LogP contribution >= 0.6 is 0 Å². The monoisotopic (exact) mass is 383 g/mol. The van der Waals surface area contributed by atoms with Gasteiger partial charge in [-0.2, -0.15) is 5.26 Å². The van der Waals surface area contributed by atoms with Crippen molar-refractivity contribution in [2.45, 2.75) is 44.2 Å². The van der Waals surface area contributed by atoms with Gasteiger partial charge in [0.25, 0.3) is 0 Å². The molecule has 2 aliphatic heterocycles. The largest absolute Gasteiger partial charge is 0.387 e. The van der Waals surface area contributed by atoms with Crippen molar-refractivity contribution in [3.63, 3.8) is 0 Å². The highest BCUT2D eigenvalue weighted by Crippen LogP contribution is 2.39. The third kappa shape index (κ3) is 3.81. The van der Waals surface area contributed by atoms with Crippen LogP contribution in [0.1, 0.15) is 38.2 Å². The van der Waals surface area contributed by atoms with Crippen LogP contribution in [0.2, 0.25) is 0 Å². The van der Waals surface area contributed by atoms with Crippen LogP contribution in [0.5, 0.6) is 0 Å². The molecular formula is C19H21N5O4. The third-order valence-corrected chi connectivity index (χ3v) is 4.92. The minimum atomic E-state index is -0.844. The van der Waals surface area contributed by atoms with Crippen LogP contribution in [0.3, 0.4) is 0 Å². The van der Waals surface area contributed by atoms with E-state index in [0.29, 0.717) is 24.2 Å². The number of nitrogens with two attached hydrogens (primary N) is 1. The molecule has 3 N–H and O–H groups in total. The molecule has 0 aliphatic carbocycles. The van der Waals surface area contributed by atoms with E-state index in [4.69, 9.17) is 15.8 Å². The molecule has 146 valence electrons. The number of carbonyl (C=O) groups excluding carboxylic acids is 3. The maximum Gasteiger partial charge on any atom is 0.240 e. The van der Waals surface area contributed by atoms with Crippen molar-refractivity contribution < 1.29 is 19.2 Å². The predicted octanol–water partition coefficient (Wildman–Crippen LogP) is 0.898. The van der Waals surface area contributed by atoms with Gasteiger partial charge in [0.2, 0.25) is 17.7 Å². The molecule has 3 rings (SSSR count). The van der Waals surface area contributed by atoms with E-state index >= 15 is 0 Å². The second-order valence-corrected chi connectivity index (χ2v) is 6.95. The number of oxime groups is 1. The van der Waals surface area contributed by atoms with Crippen LogP contribution in [0, 0.1) is 11.3 Å². The highest BCUT2D eigenvalue weighted by atomic mass is 16.7.